The van der Waals surface area contributed by atoms with Crippen LogP contribution in [0, 0.1) is 0 Å². The van der Waals surface area contributed by atoms with Gasteiger partial charge in [0.25, 0.3) is 0 Å². The quantitative estimate of drug-likeness (QED) is 0.118. The summed E-state index contributed by atoms with van der Waals surface area (Å²) in [6.07, 6.45) is 23.6. The third-order valence-electron chi connectivity index (χ3n) is 9.32. The molecule has 2 aliphatic carbocycles. The van der Waals surface area contributed by atoms with Crippen LogP contribution in [0.25, 0.3) is 11.8 Å². The van der Waals surface area contributed by atoms with Gasteiger partial charge >= 0.3 is 0 Å². The summed E-state index contributed by atoms with van der Waals surface area (Å²) in [5.41, 5.74) is 10.5. The van der Waals surface area contributed by atoms with E-state index in [0.29, 0.717) is 11.5 Å². The molecule has 3 aromatic carbocycles. The van der Waals surface area contributed by atoms with E-state index in [1.54, 1.807) is 0 Å². The normalized spacial score (nSPS) is 16.6. The first-order chi connectivity index (χ1) is 24.2. The van der Waals surface area contributed by atoms with Crippen LogP contribution in [0.15, 0.2) is 153 Å². The zero-order valence-electron chi connectivity index (χ0n) is 30.5. The zero-order valence-corrected chi connectivity index (χ0v) is 30.5. The summed E-state index contributed by atoms with van der Waals surface area (Å²) in [6.45, 7) is 17.0. The fourth-order valence-corrected chi connectivity index (χ4v) is 6.04. The molecule has 0 heterocycles. The molecule has 0 aromatic heterocycles. The molecule has 4 heteroatoms. The van der Waals surface area contributed by atoms with Crippen LogP contribution in [0.5, 0.6) is 0 Å². The van der Waals surface area contributed by atoms with Gasteiger partial charge < -0.3 is 0 Å². The second-order valence-electron chi connectivity index (χ2n) is 13.5. The lowest BCUT2D eigenvalue weighted by molar-refractivity contribution is 0.670. The minimum Gasteiger partial charge on any atom is -0.259 e. The number of benzene rings is 3. The highest BCUT2D eigenvalue weighted by Crippen LogP contribution is 2.28. The Kier molecular flexibility index (Phi) is 12.2. The third kappa shape index (κ3) is 9.26. The Morgan fingerprint density at radius 3 is 2.30 bits per heavy atom. The van der Waals surface area contributed by atoms with E-state index in [1.165, 1.54) is 22.3 Å². The summed E-state index contributed by atoms with van der Waals surface area (Å²) < 4.78 is 0. The molecule has 50 heavy (non-hydrogen) atoms. The van der Waals surface area contributed by atoms with Gasteiger partial charge in [-0.25, -0.2) is 15.0 Å². The number of aliphatic imine (C=N–C) groups is 4. The van der Waals surface area contributed by atoms with Crippen LogP contribution in [-0.4, -0.2) is 29.6 Å². The van der Waals surface area contributed by atoms with E-state index in [-0.39, 0.29) is 11.5 Å². The van der Waals surface area contributed by atoms with Crippen LogP contribution in [0.4, 0.5) is 0 Å². The van der Waals surface area contributed by atoms with Gasteiger partial charge in [0, 0.05) is 28.5 Å². The van der Waals surface area contributed by atoms with E-state index >= 15 is 0 Å². The van der Waals surface area contributed by atoms with Gasteiger partial charge in [-0.3, -0.25) is 4.99 Å². The van der Waals surface area contributed by atoms with Gasteiger partial charge in [-0.2, -0.15) is 0 Å². The van der Waals surface area contributed by atoms with Gasteiger partial charge in [0.15, 0.2) is 11.7 Å². The molecule has 0 bridgehead atoms. The molecule has 3 aromatic rings. The van der Waals surface area contributed by atoms with Crippen molar-refractivity contribution in [2.24, 2.45) is 20.0 Å². The average Bonchev–Trinajstić information content (AvgIpc) is 3.14. The topological polar surface area (TPSA) is 49.4 Å². The molecular formula is C46H50N4. The van der Waals surface area contributed by atoms with Crippen LogP contribution in [0.1, 0.15) is 94.2 Å². The standard InChI is InChI=1S/C46H50N4/c1-8-47-44(40-23-13-10-14-24-40)48-34(3)33(2)19-18-32-46(6,7)41-30-28-38(29-31-41)36(5)50-45(49-35(4)37-20-11-9-12-21-37)43-27-17-25-39-22-15-16-26-42(39)43/h8-9,11-13,16-21,23-32,34H,4,10,14-15,22H2,1-3,5-7H3/b32-18+,33-19+,47-8-,48-44-,49-45-,50-36+. The summed E-state index contributed by atoms with van der Waals surface area (Å²) in [5, 5.41) is 0. The lowest BCUT2D eigenvalue weighted by atomic mass is 9.83. The predicted octanol–water partition coefficient (Wildman–Crippen LogP) is 11.5. The zero-order chi connectivity index (χ0) is 35.5. The smallest absolute Gasteiger partial charge is 0.160 e. The van der Waals surface area contributed by atoms with Gasteiger partial charge in [-0.1, -0.05) is 142 Å². The number of hydrogen-bond acceptors (Lipinski definition) is 2. The summed E-state index contributed by atoms with van der Waals surface area (Å²) in [6, 6.07) is 25.3. The SMILES string of the molecule is C=C(/N=C(\N=C(/C)c1ccc(C(C)(C)/C=C/C=C(\C)C(C)/N=C(\N=C/C)C2=CCCC=C2)cc1)c1cccc2c1C=CCC2)c1ccccc1. The largest absolute Gasteiger partial charge is 0.259 e. The van der Waals surface area contributed by atoms with Gasteiger partial charge in [0.2, 0.25) is 0 Å². The van der Waals surface area contributed by atoms with Gasteiger partial charge in [0.1, 0.15) is 0 Å². The van der Waals surface area contributed by atoms with Gasteiger partial charge in [-0.05, 0) is 86.8 Å². The Balaban J connectivity index is 1.36. The van der Waals surface area contributed by atoms with Crippen molar-refractivity contribution in [2.45, 2.75) is 78.7 Å². The van der Waals surface area contributed by atoms with Crippen LogP contribution in [0.3, 0.4) is 0 Å². The molecule has 0 spiro atoms. The highest BCUT2D eigenvalue weighted by atomic mass is 14.9. The molecular weight excluding hydrogens is 609 g/mol. The molecule has 1 unspecified atom stereocenters. The molecule has 5 rings (SSSR count). The predicted molar refractivity (Wildman–Crippen MR) is 218 cm³/mol. The fourth-order valence-electron chi connectivity index (χ4n) is 6.04. The summed E-state index contributed by atoms with van der Waals surface area (Å²) in [5.74, 6) is 1.47. The lowest BCUT2D eigenvalue weighted by Gasteiger charge is -2.21. The maximum atomic E-state index is 5.15. The first kappa shape index (κ1) is 36.1. The van der Waals surface area contributed by atoms with Crippen molar-refractivity contribution in [3.63, 3.8) is 0 Å². The average molecular weight is 659 g/mol. The van der Waals surface area contributed by atoms with E-state index < -0.39 is 0 Å². The number of nitrogens with zero attached hydrogens (tertiary/aromatic N) is 4. The number of hydrogen-bond donors (Lipinski definition) is 0. The molecule has 254 valence electrons. The lowest BCUT2D eigenvalue weighted by Crippen LogP contribution is -2.14. The van der Waals surface area contributed by atoms with Crippen LogP contribution in [-0.2, 0) is 11.8 Å². The Labute approximate surface area is 299 Å². The van der Waals surface area contributed by atoms with Crippen LogP contribution < -0.4 is 0 Å². The number of rotatable bonds is 10. The minimum atomic E-state index is -0.169. The number of fused-ring (bicyclic) bond motifs is 1. The molecule has 0 aliphatic heterocycles. The van der Waals surface area contributed by atoms with Crippen LogP contribution in [0.2, 0.25) is 0 Å². The van der Waals surface area contributed by atoms with E-state index in [2.05, 4.69) is 137 Å². The Morgan fingerprint density at radius 2 is 1.58 bits per heavy atom. The molecule has 1 atom stereocenters. The van der Waals surface area contributed by atoms with E-state index in [4.69, 9.17) is 15.0 Å². The van der Waals surface area contributed by atoms with Crippen molar-refractivity contribution in [1.29, 1.82) is 0 Å². The Morgan fingerprint density at radius 1 is 0.820 bits per heavy atom. The van der Waals surface area contributed by atoms with E-state index in [9.17, 15) is 0 Å². The minimum absolute atomic E-state index is 0.0231. The summed E-state index contributed by atoms with van der Waals surface area (Å²) in [4.78, 5) is 19.7. The molecule has 2 aliphatic rings. The van der Waals surface area contributed by atoms with Crippen molar-refractivity contribution in [3.8, 4) is 0 Å². The highest BCUT2D eigenvalue weighted by molar-refractivity contribution is 6.14. The summed E-state index contributed by atoms with van der Waals surface area (Å²) in [7, 11) is 0. The van der Waals surface area contributed by atoms with Crippen LogP contribution >= 0.6 is 0 Å². The van der Waals surface area contributed by atoms with Gasteiger partial charge in [-0.15, -0.1) is 0 Å². The molecule has 0 saturated carbocycles. The molecule has 4 nitrogen and oxygen atoms in total. The third-order valence-corrected chi connectivity index (χ3v) is 9.32. The first-order valence-electron chi connectivity index (χ1n) is 17.7. The highest BCUT2D eigenvalue weighted by Gasteiger charge is 2.18. The monoisotopic (exact) mass is 658 g/mol. The number of allylic oxidation sites excluding steroid dienone is 6. The van der Waals surface area contributed by atoms with Crippen molar-refractivity contribution in [3.05, 3.63) is 166 Å². The van der Waals surface area contributed by atoms with Crippen molar-refractivity contribution < 1.29 is 0 Å². The van der Waals surface area contributed by atoms with E-state index in [1.807, 2.05) is 43.5 Å². The Bertz CT molecular complexity index is 1960. The number of aryl methyl sites for hydroxylation is 1. The van der Waals surface area contributed by atoms with Crippen molar-refractivity contribution in [2.75, 3.05) is 0 Å². The molecule has 0 fully saturated rings. The summed E-state index contributed by atoms with van der Waals surface area (Å²) >= 11 is 0. The first-order valence-corrected chi connectivity index (χ1v) is 17.7. The van der Waals surface area contributed by atoms with Crippen molar-refractivity contribution in [1.82, 2.24) is 0 Å². The number of amidine groups is 2. The maximum Gasteiger partial charge on any atom is 0.160 e. The van der Waals surface area contributed by atoms with Gasteiger partial charge in [0.05, 0.1) is 11.7 Å². The Hall–Kier alpha value is -5.22. The molecule has 0 radical (unpaired) electrons. The molecule has 0 N–H and O–H groups in total. The maximum absolute atomic E-state index is 5.15. The van der Waals surface area contributed by atoms with Crippen molar-refractivity contribution >= 4 is 35.4 Å². The fraction of sp³-hybridized carbons (Fsp3) is 0.261. The second kappa shape index (κ2) is 16.9. The van der Waals surface area contributed by atoms with E-state index in [0.717, 1.165) is 59.5 Å². The second-order valence-corrected chi connectivity index (χ2v) is 13.5. The molecule has 0 amide bonds. The molecule has 0 saturated heterocycles.